The SMILES string of the molecule is O=C(O)N1CCc2cc(C(F)F)ccc2C1. The summed E-state index contributed by atoms with van der Waals surface area (Å²) in [5, 5.41) is 8.81. The predicted octanol–water partition coefficient (Wildman–Crippen LogP) is 2.66. The van der Waals surface area contributed by atoms with Crippen molar-refractivity contribution in [1.29, 1.82) is 0 Å². The van der Waals surface area contributed by atoms with Crippen LogP contribution in [0, 0.1) is 0 Å². The maximum absolute atomic E-state index is 12.4. The van der Waals surface area contributed by atoms with E-state index < -0.39 is 12.5 Å². The quantitative estimate of drug-likeness (QED) is 0.801. The molecule has 1 heterocycles. The number of halogens is 2. The fraction of sp³-hybridized carbons (Fsp3) is 0.364. The molecular formula is C11H11F2NO2. The first-order valence-corrected chi connectivity index (χ1v) is 4.95. The summed E-state index contributed by atoms with van der Waals surface area (Å²) in [6.07, 6.45) is -2.94. The van der Waals surface area contributed by atoms with Gasteiger partial charge >= 0.3 is 6.09 Å². The minimum atomic E-state index is -2.47. The van der Waals surface area contributed by atoms with Crippen LogP contribution in [0.5, 0.6) is 0 Å². The molecule has 0 saturated carbocycles. The topological polar surface area (TPSA) is 40.5 Å². The van der Waals surface area contributed by atoms with Crippen LogP contribution in [-0.4, -0.2) is 22.6 Å². The van der Waals surface area contributed by atoms with Crippen molar-refractivity contribution in [3.63, 3.8) is 0 Å². The Morgan fingerprint density at radius 2 is 2.12 bits per heavy atom. The predicted molar refractivity (Wildman–Crippen MR) is 53.5 cm³/mol. The molecule has 1 amide bonds. The Bertz CT molecular complexity index is 420. The van der Waals surface area contributed by atoms with Crippen molar-refractivity contribution < 1.29 is 18.7 Å². The number of nitrogens with zero attached hydrogens (tertiary/aromatic N) is 1. The van der Waals surface area contributed by atoms with E-state index >= 15 is 0 Å². The lowest BCUT2D eigenvalue weighted by atomic mass is 9.97. The van der Waals surface area contributed by atoms with E-state index in [-0.39, 0.29) is 12.1 Å². The summed E-state index contributed by atoms with van der Waals surface area (Å²) < 4.78 is 24.9. The monoisotopic (exact) mass is 227 g/mol. The van der Waals surface area contributed by atoms with Crippen molar-refractivity contribution in [3.8, 4) is 0 Å². The molecular weight excluding hydrogens is 216 g/mol. The molecule has 16 heavy (non-hydrogen) atoms. The Hall–Kier alpha value is -1.65. The fourth-order valence-corrected chi connectivity index (χ4v) is 1.87. The zero-order valence-electron chi connectivity index (χ0n) is 8.49. The number of benzene rings is 1. The Morgan fingerprint density at radius 1 is 1.38 bits per heavy atom. The van der Waals surface area contributed by atoms with Gasteiger partial charge in [-0.25, -0.2) is 13.6 Å². The summed E-state index contributed by atoms with van der Waals surface area (Å²) in [5.74, 6) is 0. The highest BCUT2D eigenvalue weighted by Gasteiger charge is 2.21. The molecule has 0 aliphatic carbocycles. The van der Waals surface area contributed by atoms with E-state index in [1.807, 2.05) is 0 Å². The van der Waals surface area contributed by atoms with Crippen LogP contribution in [0.15, 0.2) is 18.2 Å². The molecule has 0 radical (unpaired) electrons. The van der Waals surface area contributed by atoms with Gasteiger partial charge < -0.3 is 10.0 Å². The van der Waals surface area contributed by atoms with Gasteiger partial charge in [-0.2, -0.15) is 0 Å². The van der Waals surface area contributed by atoms with Crippen molar-refractivity contribution in [2.75, 3.05) is 6.54 Å². The minimum Gasteiger partial charge on any atom is -0.465 e. The molecule has 0 bridgehead atoms. The molecule has 3 nitrogen and oxygen atoms in total. The van der Waals surface area contributed by atoms with E-state index in [0.29, 0.717) is 13.0 Å². The minimum absolute atomic E-state index is 0.00234. The van der Waals surface area contributed by atoms with Gasteiger partial charge in [0.1, 0.15) is 0 Å². The Balaban J connectivity index is 2.25. The van der Waals surface area contributed by atoms with E-state index in [2.05, 4.69) is 0 Å². The Kier molecular flexibility index (Phi) is 2.77. The smallest absolute Gasteiger partial charge is 0.407 e. The summed E-state index contributed by atoms with van der Waals surface area (Å²) in [6, 6.07) is 4.42. The second-order valence-corrected chi connectivity index (χ2v) is 3.78. The van der Waals surface area contributed by atoms with Gasteiger partial charge in [0.2, 0.25) is 0 Å². The fourth-order valence-electron chi connectivity index (χ4n) is 1.87. The van der Waals surface area contributed by atoms with Crippen LogP contribution in [0.4, 0.5) is 13.6 Å². The third-order valence-electron chi connectivity index (χ3n) is 2.77. The van der Waals surface area contributed by atoms with Crippen LogP contribution < -0.4 is 0 Å². The Labute approximate surface area is 91.3 Å². The van der Waals surface area contributed by atoms with Gasteiger partial charge in [-0.1, -0.05) is 12.1 Å². The molecule has 5 heteroatoms. The lowest BCUT2D eigenvalue weighted by molar-refractivity contribution is 0.139. The highest BCUT2D eigenvalue weighted by atomic mass is 19.3. The van der Waals surface area contributed by atoms with E-state index in [4.69, 9.17) is 5.11 Å². The molecule has 0 unspecified atom stereocenters. The van der Waals surface area contributed by atoms with E-state index in [1.54, 1.807) is 6.07 Å². The summed E-state index contributed by atoms with van der Waals surface area (Å²) in [4.78, 5) is 12.0. The third kappa shape index (κ3) is 1.98. The Morgan fingerprint density at radius 3 is 2.75 bits per heavy atom. The number of fused-ring (bicyclic) bond motifs is 1. The van der Waals surface area contributed by atoms with Crippen molar-refractivity contribution in [2.24, 2.45) is 0 Å². The van der Waals surface area contributed by atoms with E-state index in [0.717, 1.165) is 11.1 Å². The molecule has 86 valence electrons. The number of carboxylic acid groups (broad SMARTS) is 1. The number of hydrogen-bond acceptors (Lipinski definition) is 1. The van der Waals surface area contributed by atoms with Crippen LogP contribution in [0.1, 0.15) is 23.1 Å². The van der Waals surface area contributed by atoms with Crippen molar-refractivity contribution in [1.82, 2.24) is 4.90 Å². The first-order valence-electron chi connectivity index (χ1n) is 4.95. The molecule has 0 fully saturated rings. The average molecular weight is 227 g/mol. The van der Waals surface area contributed by atoms with Gasteiger partial charge in [0, 0.05) is 18.7 Å². The van der Waals surface area contributed by atoms with Gasteiger partial charge in [0.15, 0.2) is 0 Å². The van der Waals surface area contributed by atoms with Crippen molar-refractivity contribution in [2.45, 2.75) is 19.4 Å². The summed E-state index contributed by atoms with van der Waals surface area (Å²) >= 11 is 0. The maximum Gasteiger partial charge on any atom is 0.407 e. The van der Waals surface area contributed by atoms with Crippen molar-refractivity contribution >= 4 is 6.09 Å². The van der Waals surface area contributed by atoms with Gasteiger partial charge in [0.25, 0.3) is 6.43 Å². The van der Waals surface area contributed by atoms with E-state index in [9.17, 15) is 13.6 Å². The number of amides is 1. The standard InChI is InChI=1S/C11H11F2NO2/c12-10(13)8-1-2-9-6-14(11(15)16)4-3-7(9)5-8/h1-2,5,10H,3-4,6H2,(H,15,16). The first kappa shape index (κ1) is 10.9. The van der Waals surface area contributed by atoms with Gasteiger partial charge in [-0.3, -0.25) is 0 Å². The second-order valence-electron chi connectivity index (χ2n) is 3.78. The van der Waals surface area contributed by atoms with Crippen LogP contribution in [0.2, 0.25) is 0 Å². The van der Waals surface area contributed by atoms with Crippen LogP contribution in [-0.2, 0) is 13.0 Å². The summed E-state index contributed by atoms with van der Waals surface area (Å²) in [6.45, 7) is 0.656. The second kappa shape index (κ2) is 4.08. The number of carbonyl (C=O) groups is 1. The lowest BCUT2D eigenvalue weighted by Crippen LogP contribution is -2.34. The molecule has 1 aromatic rings. The molecule has 0 atom stereocenters. The van der Waals surface area contributed by atoms with E-state index in [1.165, 1.54) is 17.0 Å². The van der Waals surface area contributed by atoms with Gasteiger partial charge in [-0.15, -0.1) is 0 Å². The molecule has 1 aliphatic rings. The zero-order chi connectivity index (χ0) is 11.7. The molecule has 2 rings (SSSR count). The molecule has 0 aromatic heterocycles. The first-order chi connectivity index (χ1) is 7.58. The lowest BCUT2D eigenvalue weighted by Gasteiger charge is -2.26. The third-order valence-corrected chi connectivity index (χ3v) is 2.77. The number of alkyl halides is 2. The van der Waals surface area contributed by atoms with Gasteiger partial charge in [0.05, 0.1) is 0 Å². The highest BCUT2D eigenvalue weighted by Crippen LogP contribution is 2.25. The summed E-state index contributed by atoms with van der Waals surface area (Å²) in [7, 11) is 0. The van der Waals surface area contributed by atoms with Crippen LogP contribution in [0.25, 0.3) is 0 Å². The average Bonchev–Trinajstić information content (AvgIpc) is 2.27. The molecule has 1 aliphatic heterocycles. The summed E-state index contributed by atoms with van der Waals surface area (Å²) in [5.41, 5.74) is 1.65. The van der Waals surface area contributed by atoms with Crippen molar-refractivity contribution in [3.05, 3.63) is 34.9 Å². The van der Waals surface area contributed by atoms with Crippen LogP contribution in [0.3, 0.4) is 0 Å². The van der Waals surface area contributed by atoms with Crippen LogP contribution >= 0.6 is 0 Å². The molecule has 1 aromatic carbocycles. The molecule has 0 spiro atoms. The largest absolute Gasteiger partial charge is 0.465 e. The number of rotatable bonds is 1. The molecule has 0 saturated heterocycles. The highest BCUT2D eigenvalue weighted by molar-refractivity contribution is 5.65. The zero-order valence-corrected chi connectivity index (χ0v) is 8.49. The van der Waals surface area contributed by atoms with Gasteiger partial charge in [-0.05, 0) is 23.6 Å². The normalized spacial score (nSPS) is 15.1. The number of hydrogen-bond donors (Lipinski definition) is 1. The maximum atomic E-state index is 12.4. The molecule has 1 N–H and O–H groups in total.